The molecule has 1 heterocycles. The molecule has 0 spiro atoms. The minimum absolute atomic E-state index is 0.0430. The maximum atomic E-state index is 11.9. The maximum Gasteiger partial charge on any atom is 0.315 e. The Kier molecular flexibility index (Phi) is 5.04. The van der Waals surface area contributed by atoms with Crippen LogP contribution in [0.25, 0.3) is 0 Å². The lowest BCUT2D eigenvalue weighted by Crippen LogP contribution is -2.47. The summed E-state index contributed by atoms with van der Waals surface area (Å²) in [6, 6.07) is 2.26. The summed E-state index contributed by atoms with van der Waals surface area (Å²) in [4.78, 5) is 11.9. The second-order valence-electron chi connectivity index (χ2n) is 6.10. The van der Waals surface area contributed by atoms with Crippen molar-refractivity contribution in [3.8, 4) is 0 Å². The van der Waals surface area contributed by atoms with Crippen LogP contribution in [-0.2, 0) is 13.5 Å². The molecule has 1 aliphatic carbocycles. The predicted molar refractivity (Wildman–Crippen MR) is 79.4 cm³/mol. The lowest BCUT2D eigenvalue weighted by molar-refractivity contribution is 0.206. The Labute approximate surface area is 121 Å². The summed E-state index contributed by atoms with van der Waals surface area (Å²) in [6.45, 7) is 5.17. The van der Waals surface area contributed by atoms with E-state index in [1.54, 1.807) is 6.20 Å². The molecule has 2 N–H and O–H groups in total. The first-order valence-electron chi connectivity index (χ1n) is 7.57. The highest BCUT2D eigenvalue weighted by molar-refractivity contribution is 5.74. The van der Waals surface area contributed by atoms with Crippen LogP contribution in [0, 0.1) is 11.8 Å². The van der Waals surface area contributed by atoms with Gasteiger partial charge in [0.1, 0.15) is 0 Å². The van der Waals surface area contributed by atoms with Crippen molar-refractivity contribution in [2.45, 2.75) is 45.6 Å². The van der Waals surface area contributed by atoms with Crippen LogP contribution in [0.1, 0.15) is 38.8 Å². The molecule has 1 aliphatic rings. The molecule has 20 heavy (non-hydrogen) atoms. The van der Waals surface area contributed by atoms with Gasteiger partial charge in [0.25, 0.3) is 0 Å². The minimum atomic E-state index is -0.0430. The number of aromatic nitrogens is 2. The van der Waals surface area contributed by atoms with Crippen LogP contribution in [0.4, 0.5) is 4.79 Å². The Morgan fingerprint density at radius 2 is 2.25 bits per heavy atom. The molecule has 0 unspecified atom stereocenters. The predicted octanol–water partition coefficient (Wildman–Crippen LogP) is 2.09. The lowest BCUT2D eigenvalue weighted by Gasteiger charge is -2.33. The first-order valence-corrected chi connectivity index (χ1v) is 7.57. The van der Waals surface area contributed by atoms with Gasteiger partial charge in [-0.15, -0.1) is 0 Å². The van der Waals surface area contributed by atoms with Crippen molar-refractivity contribution in [2.75, 3.05) is 6.54 Å². The monoisotopic (exact) mass is 278 g/mol. The van der Waals surface area contributed by atoms with E-state index in [2.05, 4.69) is 29.6 Å². The molecule has 0 aromatic carbocycles. The van der Waals surface area contributed by atoms with E-state index in [1.807, 2.05) is 17.8 Å². The zero-order chi connectivity index (χ0) is 14.5. The van der Waals surface area contributed by atoms with Gasteiger partial charge >= 0.3 is 6.03 Å². The van der Waals surface area contributed by atoms with Gasteiger partial charge in [-0.25, -0.2) is 4.79 Å². The van der Waals surface area contributed by atoms with Crippen molar-refractivity contribution in [1.82, 2.24) is 20.4 Å². The summed E-state index contributed by atoms with van der Waals surface area (Å²) in [5, 5.41) is 10.2. The number of carbonyl (C=O) groups excluding carboxylic acids is 1. The van der Waals surface area contributed by atoms with Gasteiger partial charge in [-0.3, -0.25) is 4.68 Å². The molecule has 1 aromatic heterocycles. The summed E-state index contributed by atoms with van der Waals surface area (Å²) in [6.07, 6.45) is 6.10. The van der Waals surface area contributed by atoms with Crippen LogP contribution in [-0.4, -0.2) is 28.4 Å². The van der Waals surface area contributed by atoms with E-state index in [9.17, 15) is 4.79 Å². The van der Waals surface area contributed by atoms with Crippen LogP contribution < -0.4 is 10.6 Å². The summed E-state index contributed by atoms with van der Waals surface area (Å²) in [5.41, 5.74) is 1.13. The SMILES string of the molecule is C[C@@H]1CC[C@@H](NC(=O)NCCc2ccnn2C)[C@@H](C)C1. The van der Waals surface area contributed by atoms with Gasteiger partial charge in [0, 0.05) is 37.9 Å². The molecule has 1 fully saturated rings. The van der Waals surface area contributed by atoms with Gasteiger partial charge in [-0.2, -0.15) is 5.10 Å². The summed E-state index contributed by atoms with van der Waals surface area (Å²) >= 11 is 0. The maximum absolute atomic E-state index is 11.9. The molecule has 112 valence electrons. The molecule has 0 radical (unpaired) electrons. The highest BCUT2D eigenvalue weighted by Gasteiger charge is 2.26. The topological polar surface area (TPSA) is 59.0 Å². The Balaban J connectivity index is 1.69. The third-order valence-electron chi connectivity index (χ3n) is 4.34. The lowest BCUT2D eigenvalue weighted by atomic mass is 9.80. The van der Waals surface area contributed by atoms with Crippen molar-refractivity contribution in [3.63, 3.8) is 0 Å². The number of carbonyl (C=O) groups is 1. The summed E-state index contributed by atoms with van der Waals surface area (Å²) < 4.78 is 1.84. The first kappa shape index (κ1) is 14.9. The number of hydrogen-bond acceptors (Lipinski definition) is 2. The Morgan fingerprint density at radius 1 is 1.45 bits per heavy atom. The fraction of sp³-hybridized carbons (Fsp3) is 0.733. The second-order valence-corrected chi connectivity index (χ2v) is 6.10. The molecule has 1 aromatic rings. The Hall–Kier alpha value is -1.52. The highest BCUT2D eigenvalue weighted by atomic mass is 16.2. The summed E-state index contributed by atoms with van der Waals surface area (Å²) in [7, 11) is 1.92. The number of amides is 2. The first-order chi connectivity index (χ1) is 9.56. The fourth-order valence-electron chi connectivity index (χ4n) is 3.05. The number of nitrogens with one attached hydrogen (secondary N) is 2. The van der Waals surface area contributed by atoms with Gasteiger partial charge in [-0.05, 0) is 37.2 Å². The molecule has 1 saturated carbocycles. The molecule has 0 aliphatic heterocycles. The molecule has 0 bridgehead atoms. The van der Waals surface area contributed by atoms with E-state index in [1.165, 1.54) is 12.8 Å². The number of rotatable bonds is 4. The van der Waals surface area contributed by atoms with Crippen LogP contribution >= 0.6 is 0 Å². The van der Waals surface area contributed by atoms with E-state index >= 15 is 0 Å². The van der Waals surface area contributed by atoms with E-state index in [0.717, 1.165) is 24.5 Å². The summed E-state index contributed by atoms with van der Waals surface area (Å²) in [5.74, 6) is 1.36. The van der Waals surface area contributed by atoms with Crippen molar-refractivity contribution in [2.24, 2.45) is 18.9 Å². The fourth-order valence-corrected chi connectivity index (χ4v) is 3.05. The average Bonchev–Trinajstić information content (AvgIpc) is 2.79. The van der Waals surface area contributed by atoms with Crippen molar-refractivity contribution in [3.05, 3.63) is 18.0 Å². The van der Waals surface area contributed by atoms with E-state index in [-0.39, 0.29) is 6.03 Å². The van der Waals surface area contributed by atoms with Crippen LogP contribution in [0.3, 0.4) is 0 Å². The quantitative estimate of drug-likeness (QED) is 0.886. The third kappa shape index (κ3) is 3.99. The number of urea groups is 1. The molecule has 2 rings (SSSR count). The zero-order valence-corrected chi connectivity index (χ0v) is 12.7. The van der Waals surface area contributed by atoms with E-state index in [0.29, 0.717) is 18.5 Å². The standard InChI is InChI=1S/C15H26N4O/c1-11-4-5-14(12(2)10-11)18-15(20)16-8-6-13-7-9-17-19(13)3/h7,9,11-12,14H,4-6,8,10H2,1-3H3,(H2,16,18,20)/t11-,12+,14-/m1/s1. The van der Waals surface area contributed by atoms with E-state index < -0.39 is 0 Å². The number of nitrogens with zero attached hydrogens (tertiary/aromatic N) is 2. The molecule has 5 nitrogen and oxygen atoms in total. The van der Waals surface area contributed by atoms with E-state index in [4.69, 9.17) is 0 Å². The number of aryl methyl sites for hydroxylation is 1. The smallest absolute Gasteiger partial charge is 0.315 e. The second kappa shape index (κ2) is 6.77. The van der Waals surface area contributed by atoms with Crippen molar-refractivity contribution in [1.29, 1.82) is 0 Å². The molecule has 3 atom stereocenters. The molecule has 2 amide bonds. The third-order valence-corrected chi connectivity index (χ3v) is 4.34. The minimum Gasteiger partial charge on any atom is -0.338 e. The zero-order valence-electron chi connectivity index (χ0n) is 12.7. The van der Waals surface area contributed by atoms with Gasteiger partial charge in [0.05, 0.1) is 0 Å². The molecular formula is C15H26N4O. The normalized spacial score (nSPS) is 26.2. The largest absolute Gasteiger partial charge is 0.338 e. The van der Waals surface area contributed by atoms with Gasteiger partial charge in [0.15, 0.2) is 0 Å². The Bertz CT molecular complexity index is 443. The highest BCUT2D eigenvalue weighted by Crippen LogP contribution is 2.28. The van der Waals surface area contributed by atoms with Gasteiger partial charge < -0.3 is 10.6 Å². The van der Waals surface area contributed by atoms with Crippen LogP contribution in [0.5, 0.6) is 0 Å². The van der Waals surface area contributed by atoms with Gasteiger partial charge in [-0.1, -0.05) is 13.8 Å². The van der Waals surface area contributed by atoms with Crippen molar-refractivity contribution >= 4 is 6.03 Å². The number of hydrogen-bond donors (Lipinski definition) is 2. The van der Waals surface area contributed by atoms with Crippen LogP contribution in [0.2, 0.25) is 0 Å². The average molecular weight is 278 g/mol. The van der Waals surface area contributed by atoms with Gasteiger partial charge in [0.2, 0.25) is 0 Å². The molecule has 0 saturated heterocycles. The Morgan fingerprint density at radius 3 is 2.90 bits per heavy atom. The van der Waals surface area contributed by atoms with Crippen LogP contribution in [0.15, 0.2) is 12.3 Å². The van der Waals surface area contributed by atoms with Crippen molar-refractivity contribution < 1.29 is 4.79 Å². The molecule has 5 heteroatoms. The molecular weight excluding hydrogens is 252 g/mol.